The van der Waals surface area contributed by atoms with Gasteiger partial charge in [0.2, 0.25) is 0 Å². The van der Waals surface area contributed by atoms with Gasteiger partial charge >= 0.3 is 0 Å². The van der Waals surface area contributed by atoms with Crippen LogP contribution in [-0.4, -0.2) is 22.8 Å². The monoisotopic (exact) mass is 305 g/mol. The fourth-order valence-electron chi connectivity index (χ4n) is 3.27. The Balaban J connectivity index is 2.64. The maximum absolute atomic E-state index is 12.8. The van der Waals surface area contributed by atoms with Gasteiger partial charge in [-0.3, -0.25) is 9.59 Å². The van der Waals surface area contributed by atoms with E-state index in [1.807, 2.05) is 13.8 Å². The van der Waals surface area contributed by atoms with Gasteiger partial charge in [0.25, 0.3) is 0 Å². The zero-order chi connectivity index (χ0) is 16.9. The highest BCUT2D eigenvalue weighted by Crippen LogP contribution is 2.41. The molecule has 0 saturated carbocycles. The molecule has 1 aliphatic rings. The number of nitrogens with two attached hydrogens (primary N) is 1. The van der Waals surface area contributed by atoms with Crippen LogP contribution in [0.4, 0.5) is 0 Å². The molecule has 1 fully saturated rings. The molecular weight excluding hydrogens is 282 g/mol. The molecule has 0 radical (unpaired) electrons. The third-order valence-corrected chi connectivity index (χ3v) is 4.21. The number of ether oxygens (including phenoxy) is 1. The fraction of sp³-hybridized carbons (Fsp3) is 0.529. The van der Waals surface area contributed by atoms with Crippen LogP contribution in [0.15, 0.2) is 12.1 Å². The van der Waals surface area contributed by atoms with Crippen molar-refractivity contribution in [2.45, 2.75) is 58.7 Å². The number of Topliss-reactive ketones (excluding diaryl/α,β-unsaturated/α-hetero) is 2. The second-order valence-corrected chi connectivity index (χ2v) is 6.87. The number of hydrogen-bond acceptors (Lipinski definition) is 5. The third-order valence-electron chi connectivity index (χ3n) is 4.21. The zero-order valence-electron chi connectivity index (χ0n) is 13.9. The number of benzene rings is 1. The molecule has 1 heterocycles. The minimum absolute atomic E-state index is 0.218. The number of carbonyl (C=O) groups is 2. The molecule has 1 aliphatic heterocycles. The molecule has 2 rings (SSSR count). The average molecular weight is 305 g/mol. The van der Waals surface area contributed by atoms with Crippen LogP contribution in [0.1, 0.15) is 50.3 Å². The first-order valence-corrected chi connectivity index (χ1v) is 7.28. The molecule has 1 aromatic carbocycles. The van der Waals surface area contributed by atoms with Crippen LogP contribution in [0.3, 0.4) is 0 Å². The topological polar surface area (TPSA) is 78.6 Å². The van der Waals surface area contributed by atoms with Crippen molar-refractivity contribution in [1.82, 2.24) is 0 Å². The van der Waals surface area contributed by atoms with Crippen molar-refractivity contribution in [3.63, 3.8) is 0 Å². The Kier molecular flexibility index (Phi) is 3.92. The van der Waals surface area contributed by atoms with Crippen molar-refractivity contribution >= 4 is 11.6 Å². The molecule has 5 heteroatoms. The van der Waals surface area contributed by atoms with E-state index in [0.29, 0.717) is 5.75 Å². The number of aryl methyl sites for hydroxylation is 2. The van der Waals surface area contributed by atoms with Gasteiger partial charge in [-0.05, 0) is 70.4 Å². The third kappa shape index (κ3) is 2.55. The van der Waals surface area contributed by atoms with E-state index in [2.05, 4.69) is 0 Å². The lowest BCUT2D eigenvalue weighted by molar-refractivity contribution is -0.184. The maximum Gasteiger partial charge on any atom is 0.179 e. The van der Waals surface area contributed by atoms with E-state index >= 15 is 0 Å². The molecule has 0 bridgehead atoms. The molecule has 0 spiro atoms. The summed E-state index contributed by atoms with van der Waals surface area (Å²) in [6.07, 6.45) is 0. The molecule has 5 nitrogen and oxygen atoms in total. The van der Waals surface area contributed by atoms with E-state index in [1.165, 1.54) is 0 Å². The van der Waals surface area contributed by atoms with E-state index in [-0.39, 0.29) is 11.6 Å². The SMILES string of the molecule is Cc1cc(ON)cc(C)c1C1C(=O)C(C)(C)OC(C)(C)C1=O. The normalized spacial score (nSPS) is 21.0. The van der Waals surface area contributed by atoms with Gasteiger partial charge < -0.3 is 9.57 Å². The fourth-order valence-corrected chi connectivity index (χ4v) is 3.27. The van der Waals surface area contributed by atoms with Gasteiger partial charge in [-0.15, -0.1) is 0 Å². The lowest BCUT2D eigenvalue weighted by Crippen LogP contribution is -2.58. The summed E-state index contributed by atoms with van der Waals surface area (Å²) in [6, 6.07) is 3.47. The zero-order valence-corrected chi connectivity index (χ0v) is 13.9. The van der Waals surface area contributed by atoms with E-state index in [0.717, 1.165) is 16.7 Å². The predicted molar refractivity (Wildman–Crippen MR) is 82.7 cm³/mol. The average Bonchev–Trinajstić information content (AvgIpc) is 2.38. The van der Waals surface area contributed by atoms with Crippen LogP contribution in [0.25, 0.3) is 0 Å². The van der Waals surface area contributed by atoms with Crippen LogP contribution in [0.2, 0.25) is 0 Å². The molecule has 2 N–H and O–H groups in total. The van der Waals surface area contributed by atoms with Crippen LogP contribution in [0.5, 0.6) is 5.75 Å². The summed E-state index contributed by atoms with van der Waals surface area (Å²) in [5.41, 5.74) is 0.315. The second-order valence-electron chi connectivity index (χ2n) is 6.87. The van der Waals surface area contributed by atoms with Gasteiger partial charge in [0, 0.05) is 0 Å². The molecular formula is C17H23NO4. The quantitative estimate of drug-likeness (QED) is 0.670. The largest absolute Gasteiger partial charge is 0.412 e. The van der Waals surface area contributed by atoms with Gasteiger partial charge in [0.15, 0.2) is 11.6 Å². The highest BCUT2D eigenvalue weighted by molar-refractivity contribution is 6.15. The Bertz CT molecular complexity index is 597. The number of carbonyl (C=O) groups excluding carboxylic acids is 2. The van der Waals surface area contributed by atoms with Crippen LogP contribution >= 0.6 is 0 Å². The predicted octanol–water partition coefficient (Wildman–Crippen LogP) is 2.37. The molecule has 1 saturated heterocycles. The number of rotatable bonds is 2. The van der Waals surface area contributed by atoms with Crippen LogP contribution in [-0.2, 0) is 14.3 Å². The maximum atomic E-state index is 12.8. The van der Waals surface area contributed by atoms with E-state index in [9.17, 15) is 9.59 Å². The molecule has 22 heavy (non-hydrogen) atoms. The minimum atomic E-state index is -1.01. The summed E-state index contributed by atoms with van der Waals surface area (Å²) in [4.78, 5) is 30.4. The Morgan fingerprint density at radius 1 is 1.00 bits per heavy atom. The number of hydrogen-bond donors (Lipinski definition) is 1. The summed E-state index contributed by atoms with van der Waals surface area (Å²) in [7, 11) is 0. The van der Waals surface area contributed by atoms with Crippen molar-refractivity contribution < 1.29 is 19.2 Å². The van der Waals surface area contributed by atoms with Crippen LogP contribution < -0.4 is 10.7 Å². The van der Waals surface area contributed by atoms with Crippen molar-refractivity contribution in [3.8, 4) is 5.75 Å². The Hall–Kier alpha value is -1.72. The second kappa shape index (κ2) is 5.18. The van der Waals surface area contributed by atoms with Crippen molar-refractivity contribution in [1.29, 1.82) is 0 Å². The molecule has 0 unspecified atom stereocenters. The lowest BCUT2D eigenvalue weighted by atomic mass is 9.73. The molecule has 1 aromatic rings. The van der Waals surface area contributed by atoms with Gasteiger partial charge in [0.05, 0.1) is 0 Å². The van der Waals surface area contributed by atoms with Crippen molar-refractivity contribution in [3.05, 3.63) is 28.8 Å². The smallest absolute Gasteiger partial charge is 0.179 e. The van der Waals surface area contributed by atoms with Crippen molar-refractivity contribution in [2.24, 2.45) is 5.90 Å². The molecule has 0 atom stereocenters. The molecule has 120 valence electrons. The number of ketones is 2. The first kappa shape index (κ1) is 16.6. The highest BCUT2D eigenvalue weighted by Gasteiger charge is 2.53. The van der Waals surface area contributed by atoms with Gasteiger partial charge in [-0.2, -0.15) is 5.90 Å². The van der Waals surface area contributed by atoms with Crippen LogP contribution in [0, 0.1) is 13.8 Å². The summed E-state index contributed by atoms with van der Waals surface area (Å²) in [6.45, 7) is 10.5. The summed E-state index contributed by atoms with van der Waals surface area (Å²) >= 11 is 0. The molecule has 0 amide bonds. The highest BCUT2D eigenvalue weighted by atomic mass is 16.6. The minimum Gasteiger partial charge on any atom is -0.412 e. The van der Waals surface area contributed by atoms with Gasteiger partial charge in [-0.25, -0.2) is 0 Å². The molecule has 0 aliphatic carbocycles. The Labute approximate surface area is 130 Å². The molecule has 0 aromatic heterocycles. The lowest BCUT2D eigenvalue weighted by Gasteiger charge is -2.43. The van der Waals surface area contributed by atoms with Gasteiger partial charge in [0.1, 0.15) is 22.9 Å². The summed E-state index contributed by atoms with van der Waals surface area (Å²) < 4.78 is 5.72. The van der Waals surface area contributed by atoms with E-state index in [1.54, 1.807) is 39.8 Å². The van der Waals surface area contributed by atoms with Gasteiger partial charge in [-0.1, -0.05) is 0 Å². The van der Waals surface area contributed by atoms with E-state index < -0.39 is 17.1 Å². The Morgan fingerprint density at radius 3 is 1.77 bits per heavy atom. The Morgan fingerprint density at radius 2 is 1.41 bits per heavy atom. The standard InChI is InChI=1S/C17H23NO4/c1-9-7-11(21-18)8-10(2)12(9)13-14(19)16(3,4)22-17(5,6)15(13)20/h7-8,13H,18H2,1-6H3. The first-order valence-electron chi connectivity index (χ1n) is 7.28. The van der Waals surface area contributed by atoms with E-state index in [4.69, 9.17) is 15.5 Å². The van der Waals surface area contributed by atoms with Crippen molar-refractivity contribution in [2.75, 3.05) is 0 Å². The summed E-state index contributed by atoms with van der Waals surface area (Å²) in [5.74, 6) is 4.44. The summed E-state index contributed by atoms with van der Waals surface area (Å²) in [5, 5.41) is 0. The first-order chi connectivity index (χ1) is 10.0.